The molecule has 1 heterocycles. The number of hydrogen-bond donors (Lipinski definition) is 1. The van der Waals surface area contributed by atoms with Crippen molar-refractivity contribution in [2.75, 3.05) is 5.32 Å². The first-order chi connectivity index (χ1) is 9.79. The summed E-state index contributed by atoms with van der Waals surface area (Å²) in [6.45, 7) is 0. The number of nitrogens with zero attached hydrogens (tertiary/aromatic N) is 1. The van der Waals surface area contributed by atoms with E-state index >= 15 is 0 Å². The first kappa shape index (κ1) is 12.0. The minimum atomic E-state index is -0.294. The van der Waals surface area contributed by atoms with Crippen molar-refractivity contribution in [1.82, 2.24) is 0 Å². The van der Waals surface area contributed by atoms with Crippen LogP contribution in [0.4, 0.5) is 5.69 Å². The number of anilines is 1. The predicted octanol–water partition coefficient (Wildman–Crippen LogP) is 3.56. The number of benzene rings is 2. The van der Waals surface area contributed by atoms with Gasteiger partial charge in [0, 0.05) is 5.39 Å². The Morgan fingerprint density at radius 3 is 2.70 bits per heavy atom. The van der Waals surface area contributed by atoms with E-state index in [9.17, 15) is 4.79 Å². The summed E-state index contributed by atoms with van der Waals surface area (Å²) in [7, 11) is 0. The highest BCUT2D eigenvalue weighted by atomic mass is 16.3. The van der Waals surface area contributed by atoms with Gasteiger partial charge in [0.25, 0.3) is 5.91 Å². The fourth-order valence-corrected chi connectivity index (χ4v) is 2.03. The van der Waals surface area contributed by atoms with Gasteiger partial charge in [-0.05, 0) is 18.2 Å². The number of furan rings is 1. The van der Waals surface area contributed by atoms with Crippen LogP contribution in [0.2, 0.25) is 0 Å². The van der Waals surface area contributed by atoms with Crippen LogP contribution in [0.25, 0.3) is 11.0 Å². The van der Waals surface area contributed by atoms with Gasteiger partial charge < -0.3 is 9.73 Å². The number of rotatable bonds is 2. The van der Waals surface area contributed by atoms with Gasteiger partial charge in [0.15, 0.2) is 0 Å². The quantitative estimate of drug-likeness (QED) is 0.767. The predicted molar refractivity (Wildman–Crippen MR) is 75.3 cm³/mol. The molecule has 4 heteroatoms. The molecular weight excluding hydrogens is 252 g/mol. The molecule has 2 aromatic carbocycles. The molecule has 0 unspecified atom stereocenters. The second-order valence-corrected chi connectivity index (χ2v) is 4.26. The van der Waals surface area contributed by atoms with Crippen LogP contribution in [-0.2, 0) is 0 Å². The Balaban J connectivity index is 1.96. The van der Waals surface area contributed by atoms with E-state index in [1.54, 1.807) is 30.3 Å². The van der Waals surface area contributed by atoms with Gasteiger partial charge in [0.1, 0.15) is 17.9 Å². The van der Waals surface area contributed by atoms with E-state index < -0.39 is 0 Å². The lowest BCUT2D eigenvalue weighted by Gasteiger charge is -2.05. The van der Waals surface area contributed by atoms with Crippen molar-refractivity contribution in [1.29, 1.82) is 5.26 Å². The molecule has 0 aliphatic carbocycles. The lowest BCUT2D eigenvalue weighted by Crippen LogP contribution is -2.12. The highest BCUT2D eigenvalue weighted by Gasteiger charge is 2.14. The van der Waals surface area contributed by atoms with Crippen LogP contribution in [0, 0.1) is 11.3 Å². The molecule has 3 aromatic rings. The molecule has 0 saturated heterocycles. The average molecular weight is 262 g/mol. The largest absolute Gasteiger partial charge is 0.463 e. The Hall–Kier alpha value is -3.06. The van der Waals surface area contributed by atoms with E-state index in [0.29, 0.717) is 22.4 Å². The Kier molecular flexibility index (Phi) is 2.94. The molecule has 3 rings (SSSR count). The van der Waals surface area contributed by atoms with Gasteiger partial charge in [0.2, 0.25) is 0 Å². The van der Waals surface area contributed by atoms with Gasteiger partial charge in [-0.1, -0.05) is 30.3 Å². The molecule has 1 N–H and O–H groups in total. The van der Waals surface area contributed by atoms with Crippen LogP contribution in [0.15, 0.2) is 59.2 Å². The van der Waals surface area contributed by atoms with Gasteiger partial charge in [-0.3, -0.25) is 4.79 Å². The van der Waals surface area contributed by atoms with Crippen molar-refractivity contribution in [2.45, 2.75) is 0 Å². The van der Waals surface area contributed by atoms with Crippen molar-refractivity contribution in [3.05, 3.63) is 65.9 Å². The molecule has 4 nitrogen and oxygen atoms in total. The van der Waals surface area contributed by atoms with Crippen LogP contribution < -0.4 is 5.32 Å². The molecule has 0 aliphatic rings. The third-order valence-electron chi connectivity index (χ3n) is 3.02. The molecule has 0 saturated carbocycles. The minimum absolute atomic E-state index is 0.294. The van der Waals surface area contributed by atoms with Crippen molar-refractivity contribution in [3.63, 3.8) is 0 Å². The number of hydrogen-bond acceptors (Lipinski definition) is 3. The molecule has 0 spiro atoms. The van der Waals surface area contributed by atoms with E-state index in [1.807, 2.05) is 24.3 Å². The van der Waals surface area contributed by atoms with E-state index in [1.165, 1.54) is 6.26 Å². The van der Waals surface area contributed by atoms with Gasteiger partial charge in [-0.15, -0.1) is 0 Å². The summed E-state index contributed by atoms with van der Waals surface area (Å²) in [5, 5.41) is 12.5. The zero-order chi connectivity index (χ0) is 13.9. The van der Waals surface area contributed by atoms with E-state index in [4.69, 9.17) is 9.68 Å². The zero-order valence-electron chi connectivity index (χ0n) is 10.5. The highest BCUT2D eigenvalue weighted by Crippen LogP contribution is 2.22. The molecule has 0 fully saturated rings. The molecule has 0 bridgehead atoms. The van der Waals surface area contributed by atoms with Crippen LogP contribution >= 0.6 is 0 Å². The number of carbonyl (C=O) groups excluding carboxylic acids is 1. The molecule has 0 atom stereocenters. The van der Waals surface area contributed by atoms with Gasteiger partial charge in [0.05, 0.1) is 16.8 Å². The Labute approximate surface area is 115 Å². The smallest absolute Gasteiger partial charge is 0.259 e. The number of amides is 1. The van der Waals surface area contributed by atoms with Gasteiger partial charge >= 0.3 is 0 Å². The second-order valence-electron chi connectivity index (χ2n) is 4.26. The maximum Gasteiger partial charge on any atom is 0.259 e. The average Bonchev–Trinajstić information content (AvgIpc) is 2.92. The Morgan fingerprint density at radius 2 is 1.85 bits per heavy atom. The number of nitrogens with one attached hydrogen (secondary N) is 1. The molecule has 1 aromatic heterocycles. The number of para-hydroxylation sites is 2. The first-order valence-corrected chi connectivity index (χ1v) is 6.06. The molecule has 20 heavy (non-hydrogen) atoms. The SMILES string of the molecule is N#Cc1ccccc1NC(=O)c1coc2ccccc12. The Morgan fingerprint density at radius 1 is 1.10 bits per heavy atom. The summed E-state index contributed by atoms with van der Waals surface area (Å²) in [5.74, 6) is -0.294. The first-order valence-electron chi connectivity index (χ1n) is 6.06. The fraction of sp³-hybridized carbons (Fsp3) is 0. The zero-order valence-corrected chi connectivity index (χ0v) is 10.5. The summed E-state index contributed by atoms with van der Waals surface area (Å²) < 4.78 is 5.34. The van der Waals surface area contributed by atoms with Crippen molar-refractivity contribution >= 4 is 22.6 Å². The topological polar surface area (TPSA) is 66.0 Å². The number of nitriles is 1. The monoisotopic (exact) mass is 262 g/mol. The summed E-state index contributed by atoms with van der Waals surface area (Å²) in [6.07, 6.45) is 1.43. The lowest BCUT2D eigenvalue weighted by molar-refractivity contribution is 0.102. The minimum Gasteiger partial charge on any atom is -0.463 e. The third-order valence-corrected chi connectivity index (χ3v) is 3.02. The van der Waals surface area contributed by atoms with Gasteiger partial charge in [-0.25, -0.2) is 0 Å². The van der Waals surface area contributed by atoms with E-state index in [-0.39, 0.29) is 5.91 Å². The number of fused-ring (bicyclic) bond motifs is 1. The van der Waals surface area contributed by atoms with Crippen LogP contribution in [0.5, 0.6) is 0 Å². The lowest BCUT2D eigenvalue weighted by atomic mass is 10.1. The Bertz CT molecular complexity index is 828. The molecule has 96 valence electrons. The molecule has 0 aliphatic heterocycles. The third kappa shape index (κ3) is 2.02. The normalized spacial score (nSPS) is 10.2. The molecular formula is C16H10N2O2. The van der Waals surface area contributed by atoms with Crippen molar-refractivity contribution < 1.29 is 9.21 Å². The van der Waals surface area contributed by atoms with Crippen LogP contribution in [0.1, 0.15) is 15.9 Å². The second kappa shape index (κ2) is 4.90. The molecule has 1 amide bonds. The van der Waals surface area contributed by atoms with Crippen LogP contribution in [0.3, 0.4) is 0 Å². The maximum atomic E-state index is 12.3. The summed E-state index contributed by atoms with van der Waals surface area (Å²) >= 11 is 0. The highest BCUT2D eigenvalue weighted by molar-refractivity contribution is 6.12. The standard InChI is InChI=1S/C16H10N2O2/c17-9-11-5-1-3-7-14(11)18-16(19)13-10-20-15-8-4-2-6-12(13)15/h1-8,10H,(H,18,19). The fourth-order valence-electron chi connectivity index (χ4n) is 2.03. The summed E-state index contributed by atoms with van der Waals surface area (Å²) in [4.78, 5) is 12.3. The van der Waals surface area contributed by atoms with Crippen molar-refractivity contribution in [3.8, 4) is 6.07 Å². The van der Waals surface area contributed by atoms with Crippen molar-refractivity contribution in [2.24, 2.45) is 0 Å². The maximum absolute atomic E-state index is 12.3. The summed E-state index contributed by atoms with van der Waals surface area (Å²) in [6, 6.07) is 16.2. The number of carbonyl (C=O) groups is 1. The van der Waals surface area contributed by atoms with Crippen LogP contribution in [-0.4, -0.2) is 5.91 Å². The van der Waals surface area contributed by atoms with Gasteiger partial charge in [-0.2, -0.15) is 5.26 Å². The summed E-state index contributed by atoms with van der Waals surface area (Å²) in [5.41, 5.74) is 2.03. The van der Waals surface area contributed by atoms with E-state index in [0.717, 1.165) is 5.39 Å². The van der Waals surface area contributed by atoms with E-state index in [2.05, 4.69) is 5.32 Å². The molecule has 0 radical (unpaired) electrons.